The predicted molar refractivity (Wildman–Crippen MR) is 84.6 cm³/mol. The van der Waals surface area contributed by atoms with Crippen LogP contribution in [0.5, 0.6) is 0 Å². The molecule has 2 aromatic carbocycles. The Kier molecular flexibility index (Phi) is 4.86. The number of halogens is 2. The lowest BCUT2D eigenvalue weighted by Crippen LogP contribution is -1.99. The lowest BCUT2D eigenvalue weighted by atomic mass is 10.2. The molecular formula is C15H12Cl2O2S. The molecular weight excluding hydrogens is 315 g/mol. The summed E-state index contributed by atoms with van der Waals surface area (Å²) in [4.78, 5) is 0. The molecule has 0 amide bonds. The van der Waals surface area contributed by atoms with E-state index in [9.17, 15) is 8.42 Å². The number of hydrogen-bond acceptors (Lipinski definition) is 2. The molecule has 2 rings (SSSR count). The molecule has 0 aliphatic heterocycles. The summed E-state index contributed by atoms with van der Waals surface area (Å²) in [5, 5.41) is 2.42. The summed E-state index contributed by atoms with van der Waals surface area (Å²) >= 11 is 11.5. The van der Waals surface area contributed by atoms with E-state index in [-0.39, 0.29) is 5.75 Å². The fourth-order valence-corrected chi connectivity index (χ4v) is 2.99. The minimum absolute atomic E-state index is 0.0474. The number of benzene rings is 2. The van der Waals surface area contributed by atoms with Crippen LogP contribution in [0.4, 0.5) is 0 Å². The van der Waals surface area contributed by atoms with Gasteiger partial charge in [-0.05, 0) is 41.5 Å². The molecule has 0 bridgehead atoms. The summed E-state index contributed by atoms with van der Waals surface area (Å²) in [5.74, 6) is -0.0474. The molecule has 0 N–H and O–H groups in total. The van der Waals surface area contributed by atoms with E-state index in [0.717, 1.165) is 5.56 Å². The SMILES string of the molecule is O=S(=O)(C=Cc1ccc(Cl)cc1)Cc1ccc(Cl)cc1. The van der Waals surface area contributed by atoms with Gasteiger partial charge in [-0.1, -0.05) is 47.5 Å². The third-order valence-electron chi connectivity index (χ3n) is 2.62. The summed E-state index contributed by atoms with van der Waals surface area (Å²) < 4.78 is 24.0. The molecule has 0 fully saturated rings. The third-order valence-corrected chi connectivity index (χ3v) is 4.41. The van der Waals surface area contributed by atoms with Crippen molar-refractivity contribution in [3.8, 4) is 0 Å². The van der Waals surface area contributed by atoms with Gasteiger partial charge in [0.05, 0.1) is 5.75 Å². The monoisotopic (exact) mass is 326 g/mol. The van der Waals surface area contributed by atoms with Crippen LogP contribution in [0.3, 0.4) is 0 Å². The second-order valence-corrected chi connectivity index (χ2v) is 7.05. The van der Waals surface area contributed by atoms with Gasteiger partial charge in [0, 0.05) is 15.5 Å². The van der Waals surface area contributed by atoms with Gasteiger partial charge in [0.25, 0.3) is 0 Å². The third kappa shape index (κ3) is 4.67. The highest BCUT2D eigenvalue weighted by atomic mass is 35.5. The smallest absolute Gasteiger partial charge is 0.175 e. The van der Waals surface area contributed by atoms with Crippen LogP contribution >= 0.6 is 23.2 Å². The second-order valence-electron chi connectivity index (χ2n) is 4.29. The first-order chi connectivity index (χ1) is 9.44. The van der Waals surface area contributed by atoms with Gasteiger partial charge in [-0.15, -0.1) is 0 Å². The second kappa shape index (κ2) is 6.44. The summed E-state index contributed by atoms with van der Waals surface area (Å²) in [7, 11) is -3.31. The molecule has 0 spiro atoms. The van der Waals surface area contributed by atoms with Gasteiger partial charge < -0.3 is 0 Å². The van der Waals surface area contributed by atoms with Crippen LogP contribution < -0.4 is 0 Å². The Balaban J connectivity index is 2.11. The highest BCUT2D eigenvalue weighted by molar-refractivity contribution is 7.93. The van der Waals surface area contributed by atoms with Crippen molar-refractivity contribution in [3.05, 3.63) is 75.1 Å². The lowest BCUT2D eigenvalue weighted by molar-refractivity contribution is 0.604. The minimum atomic E-state index is -3.31. The lowest BCUT2D eigenvalue weighted by Gasteiger charge is -2.00. The van der Waals surface area contributed by atoms with E-state index in [1.165, 1.54) is 5.41 Å². The molecule has 0 saturated heterocycles. The van der Waals surface area contributed by atoms with E-state index < -0.39 is 9.84 Å². The fourth-order valence-electron chi connectivity index (χ4n) is 1.62. The zero-order valence-electron chi connectivity index (χ0n) is 10.5. The van der Waals surface area contributed by atoms with Crippen LogP contribution in [0, 0.1) is 0 Å². The maximum absolute atomic E-state index is 12.0. The largest absolute Gasteiger partial charge is 0.224 e. The Morgan fingerprint density at radius 3 is 1.90 bits per heavy atom. The van der Waals surface area contributed by atoms with Crippen LogP contribution in [-0.4, -0.2) is 8.42 Å². The summed E-state index contributed by atoms with van der Waals surface area (Å²) in [6.45, 7) is 0. The average Bonchev–Trinajstić information content (AvgIpc) is 2.41. The van der Waals surface area contributed by atoms with Crippen molar-refractivity contribution in [3.63, 3.8) is 0 Å². The highest BCUT2D eigenvalue weighted by Crippen LogP contribution is 2.15. The van der Waals surface area contributed by atoms with Gasteiger partial charge in [-0.2, -0.15) is 0 Å². The van der Waals surface area contributed by atoms with Crippen molar-refractivity contribution in [1.29, 1.82) is 0 Å². The molecule has 2 aromatic rings. The molecule has 2 nitrogen and oxygen atoms in total. The van der Waals surface area contributed by atoms with Gasteiger partial charge in [0.2, 0.25) is 0 Å². The number of rotatable bonds is 4. The van der Waals surface area contributed by atoms with Crippen LogP contribution in [0.25, 0.3) is 6.08 Å². The first-order valence-corrected chi connectivity index (χ1v) is 8.33. The molecule has 0 aliphatic rings. The van der Waals surface area contributed by atoms with Crippen molar-refractivity contribution in [2.45, 2.75) is 5.75 Å². The molecule has 20 heavy (non-hydrogen) atoms. The molecule has 104 valence electrons. The molecule has 0 unspecified atom stereocenters. The van der Waals surface area contributed by atoms with E-state index in [2.05, 4.69) is 0 Å². The summed E-state index contributed by atoms with van der Waals surface area (Å²) in [6, 6.07) is 13.7. The van der Waals surface area contributed by atoms with E-state index in [1.54, 1.807) is 54.6 Å². The molecule has 5 heteroatoms. The zero-order chi connectivity index (χ0) is 14.6. The molecule has 0 saturated carbocycles. The van der Waals surface area contributed by atoms with Crippen molar-refractivity contribution in [2.24, 2.45) is 0 Å². The van der Waals surface area contributed by atoms with E-state index >= 15 is 0 Å². The molecule has 0 radical (unpaired) electrons. The van der Waals surface area contributed by atoms with Crippen LogP contribution in [0.1, 0.15) is 11.1 Å². The summed E-state index contributed by atoms with van der Waals surface area (Å²) in [5.41, 5.74) is 1.49. The first kappa shape index (κ1) is 15.1. The minimum Gasteiger partial charge on any atom is -0.224 e. The van der Waals surface area contributed by atoms with Crippen LogP contribution in [0.2, 0.25) is 10.0 Å². The Morgan fingerprint density at radius 1 is 0.850 bits per heavy atom. The van der Waals surface area contributed by atoms with E-state index in [0.29, 0.717) is 15.6 Å². The van der Waals surface area contributed by atoms with E-state index in [4.69, 9.17) is 23.2 Å². The Bertz CT molecular complexity index is 703. The quantitative estimate of drug-likeness (QED) is 0.824. The van der Waals surface area contributed by atoms with Crippen molar-refractivity contribution < 1.29 is 8.42 Å². The van der Waals surface area contributed by atoms with Crippen molar-refractivity contribution >= 4 is 39.1 Å². The number of sulfone groups is 1. The summed E-state index contributed by atoms with van der Waals surface area (Å²) in [6.07, 6.45) is 1.56. The Morgan fingerprint density at radius 2 is 1.35 bits per heavy atom. The molecule has 0 aromatic heterocycles. The maximum Gasteiger partial charge on any atom is 0.175 e. The fraction of sp³-hybridized carbons (Fsp3) is 0.0667. The number of hydrogen-bond donors (Lipinski definition) is 0. The van der Waals surface area contributed by atoms with Gasteiger partial charge in [0.1, 0.15) is 0 Å². The van der Waals surface area contributed by atoms with Crippen LogP contribution in [-0.2, 0) is 15.6 Å². The molecule has 0 heterocycles. The maximum atomic E-state index is 12.0. The average molecular weight is 327 g/mol. The first-order valence-electron chi connectivity index (χ1n) is 5.85. The highest BCUT2D eigenvalue weighted by Gasteiger charge is 2.07. The standard InChI is InChI=1S/C15H12Cl2O2S/c16-14-5-1-12(2-6-14)9-10-20(18,19)11-13-3-7-15(17)8-4-13/h1-10H,11H2. The van der Waals surface area contributed by atoms with Crippen molar-refractivity contribution in [2.75, 3.05) is 0 Å². The predicted octanol–water partition coefficient (Wildman–Crippen LogP) is 4.58. The topological polar surface area (TPSA) is 34.1 Å². The molecule has 0 atom stereocenters. The molecule has 0 aliphatic carbocycles. The van der Waals surface area contributed by atoms with Gasteiger partial charge in [-0.3, -0.25) is 0 Å². The van der Waals surface area contributed by atoms with Gasteiger partial charge in [0.15, 0.2) is 9.84 Å². The Hall–Kier alpha value is -1.29. The zero-order valence-corrected chi connectivity index (χ0v) is 12.8. The normalized spacial score (nSPS) is 11.9. The van der Waals surface area contributed by atoms with Crippen molar-refractivity contribution in [1.82, 2.24) is 0 Å². The Labute approximate surface area is 128 Å². The van der Waals surface area contributed by atoms with E-state index in [1.807, 2.05) is 0 Å². The van der Waals surface area contributed by atoms with Crippen LogP contribution in [0.15, 0.2) is 53.9 Å². The van der Waals surface area contributed by atoms with Gasteiger partial charge in [-0.25, -0.2) is 8.42 Å². The van der Waals surface area contributed by atoms with Gasteiger partial charge >= 0.3 is 0 Å².